The van der Waals surface area contributed by atoms with Crippen molar-refractivity contribution in [1.29, 1.82) is 0 Å². The van der Waals surface area contributed by atoms with E-state index in [-0.39, 0.29) is 5.82 Å². The Bertz CT molecular complexity index is 534. The second kappa shape index (κ2) is 6.48. The van der Waals surface area contributed by atoms with Gasteiger partial charge in [0.05, 0.1) is 5.69 Å². The van der Waals surface area contributed by atoms with Crippen LogP contribution in [0.4, 0.5) is 4.39 Å². The Labute approximate surface area is 113 Å². The third-order valence-corrected chi connectivity index (χ3v) is 3.03. The molecule has 102 valence electrons. The first-order valence-corrected chi connectivity index (χ1v) is 6.67. The van der Waals surface area contributed by atoms with E-state index in [4.69, 9.17) is 0 Å². The van der Waals surface area contributed by atoms with Gasteiger partial charge in [0, 0.05) is 31.4 Å². The minimum atomic E-state index is -0.189. The van der Waals surface area contributed by atoms with Gasteiger partial charge in [-0.25, -0.2) is 4.39 Å². The van der Waals surface area contributed by atoms with Crippen LogP contribution >= 0.6 is 0 Å². The van der Waals surface area contributed by atoms with Crippen molar-refractivity contribution >= 4 is 0 Å². The number of hydrogen-bond acceptors (Lipinski definition) is 2. The number of nitrogens with zero attached hydrogens (tertiary/aromatic N) is 2. The number of aromatic nitrogens is 2. The molecule has 0 saturated carbocycles. The maximum atomic E-state index is 13.0. The van der Waals surface area contributed by atoms with Gasteiger partial charge in [-0.2, -0.15) is 5.10 Å². The second-order valence-corrected chi connectivity index (χ2v) is 4.74. The van der Waals surface area contributed by atoms with Crippen LogP contribution in [0.5, 0.6) is 0 Å². The molecule has 2 rings (SSSR count). The van der Waals surface area contributed by atoms with E-state index in [1.54, 1.807) is 12.1 Å². The quantitative estimate of drug-likeness (QED) is 0.866. The van der Waals surface area contributed by atoms with E-state index in [0.717, 1.165) is 30.8 Å². The molecule has 1 aromatic heterocycles. The number of hydrogen-bond donors (Lipinski definition) is 1. The van der Waals surface area contributed by atoms with Crippen LogP contribution in [0.25, 0.3) is 0 Å². The van der Waals surface area contributed by atoms with Crippen LogP contribution in [0.15, 0.2) is 30.5 Å². The van der Waals surface area contributed by atoms with Gasteiger partial charge in [-0.15, -0.1) is 0 Å². The summed E-state index contributed by atoms with van der Waals surface area (Å²) in [6.45, 7) is 6.52. The minimum absolute atomic E-state index is 0.189. The summed E-state index contributed by atoms with van der Waals surface area (Å²) in [5.41, 5.74) is 3.21. The van der Waals surface area contributed by atoms with Crippen molar-refractivity contribution in [2.24, 2.45) is 0 Å². The van der Waals surface area contributed by atoms with Crippen LogP contribution in [0.1, 0.15) is 30.2 Å². The fraction of sp³-hybridized carbons (Fsp3) is 0.400. The molecule has 0 aliphatic heterocycles. The van der Waals surface area contributed by atoms with Gasteiger partial charge in [0.2, 0.25) is 0 Å². The van der Waals surface area contributed by atoms with E-state index in [2.05, 4.69) is 23.5 Å². The van der Waals surface area contributed by atoms with Gasteiger partial charge >= 0.3 is 0 Å². The van der Waals surface area contributed by atoms with Crippen molar-refractivity contribution in [2.45, 2.75) is 39.9 Å². The van der Waals surface area contributed by atoms with Gasteiger partial charge in [0.25, 0.3) is 0 Å². The summed E-state index contributed by atoms with van der Waals surface area (Å²) in [6, 6.07) is 6.67. The van der Waals surface area contributed by atoms with Gasteiger partial charge < -0.3 is 5.32 Å². The van der Waals surface area contributed by atoms with E-state index < -0.39 is 0 Å². The molecule has 0 amide bonds. The Morgan fingerprint density at radius 2 is 2.16 bits per heavy atom. The molecule has 1 heterocycles. The van der Waals surface area contributed by atoms with Gasteiger partial charge in [-0.3, -0.25) is 4.68 Å². The zero-order valence-electron chi connectivity index (χ0n) is 11.5. The molecule has 19 heavy (non-hydrogen) atoms. The first-order valence-electron chi connectivity index (χ1n) is 6.67. The summed E-state index contributed by atoms with van der Waals surface area (Å²) >= 11 is 0. The van der Waals surface area contributed by atoms with E-state index in [1.807, 2.05) is 17.7 Å². The van der Waals surface area contributed by atoms with Crippen molar-refractivity contribution in [3.8, 4) is 0 Å². The summed E-state index contributed by atoms with van der Waals surface area (Å²) in [5, 5.41) is 7.78. The van der Waals surface area contributed by atoms with E-state index in [9.17, 15) is 4.39 Å². The molecule has 0 fully saturated rings. The summed E-state index contributed by atoms with van der Waals surface area (Å²) in [6.07, 6.45) is 3.16. The van der Waals surface area contributed by atoms with Crippen LogP contribution in [-0.4, -0.2) is 9.78 Å². The molecule has 0 atom stereocenters. The van der Waals surface area contributed by atoms with E-state index >= 15 is 0 Å². The number of benzene rings is 1. The first-order chi connectivity index (χ1) is 9.19. The number of aryl methyl sites for hydroxylation is 2. The van der Waals surface area contributed by atoms with Crippen molar-refractivity contribution in [2.75, 3.05) is 0 Å². The predicted molar refractivity (Wildman–Crippen MR) is 74.2 cm³/mol. The standard InChI is InChI=1S/C15H20FN3/c1-3-7-19-11-14(12(2)18-19)10-17-9-13-5-4-6-15(16)8-13/h4-6,8,11,17H,3,7,9-10H2,1-2H3. The van der Waals surface area contributed by atoms with Crippen molar-refractivity contribution in [3.05, 3.63) is 53.1 Å². The lowest BCUT2D eigenvalue weighted by Crippen LogP contribution is -2.13. The smallest absolute Gasteiger partial charge is 0.123 e. The van der Waals surface area contributed by atoms with Gasteiger partial charge in [0.1, 0.15) is 5.82 Å². The average molecular weight is 261 g/mol. The number of rotatable bonds is 6. The summed E-state index contributed by atoms with van der Waals surface area (Å²) in [5.74, 6) is -0.189. The highest BCUT2D eigenvalue weighted by Crippen LogP contribution is 2.07. The molecule has 0 radical (unpaired) electrons. The minimum Gasteiger partial charge on any atom is -0.308 e. The van der Waals surface area contributed by atoms with Crippen LogP contribution < -0.4 is 5.32 Å². The molecule has 0 aliphatic rings. The molecule has 1 N–H and O–H groups in total. The van der Waals surface area contributed by atoms with E-state index in [1.165, 1.54) is 11.6 Å². The largest absolute Gasteiger partial charge is 0.308 e. The second-order valence-electron chi connectivity index (χ2n) is 4.74. The highest BCUT2D eigenvalue weighted by Gasteiger charge is 2.04. The van der Waals surface area contributed by atoms with Crippen LogP contribution in [0, 0.1) is 12.7 Å². The summed E-state index contributed by atoms with van der Waals surface area (Å²) in [4.78, 5) is 0. The predicted octanol–water partition coefficient (Wildman–Crippen LogP) is 3.03. The molecule has 3 nitrogen and oxygen atoms in total. The zero-order valence-corrected chi connectivity index (χ0v) is 11.5. The molecule has 0 bridgehead atoms. The Morgan fingerprint density at radius 3 is 2.89 bits per heavy atom. The van der Waals surface area contributed by atoms with Crippen LogP contribution in [-0.2, 0) is 19.6 Å². The average Bonchev–Trinajstić information content (AvgIpc) is 2.71. The summed E-state index contributed by atoms with van der Waals surface area (Å²) < 4.78 is 15.0. The molecule has 0 aliphatic carbocycles. The van der Waals surface area contributed by atoms with E-state index in [0.29, 0.717) is 6.54 Å². The third-order valence-electron chi connectivity index (χ3n) is 3.03. The topological polar surface area (TPSA) is 29.9 Å². The first kappa shape index (κ1) is 13.7. The van der Waals surface area contributed by atoms with Crippen molar-refractivity contribution < 1.29 is 4.39 Å². The molecule has 0 unspecified atom stereocenters. The Morgan fingerprint density at radius 1 is 1.32 bits per heavy atom. The third kappa shape index (κ3) is 3.89. The van der Waals surface area contributed by atoms with Crippen molar-refractivity contribution in [3.63, 3.8) is 0 Å². The monoisotopic (exact) mass is 261 g/mol. The fourth-order valence-electron chi connectivity index (χ4n) is 2.06. The molecule has 2 aromatic rings. The summed E-state index contributed by atoms with van der Waals surface area (Å²) in [7, 11) is 0. The van der Waals surface area contributed by atoms with Crippen LogP contribution in [0.3, 0.4) is 0 Å². The Balaban J connectivity index is 1.88. The highest BCUT2D eigenvalue weighted by atomic mass is 19.1. The van der Waals surface area contributed by atoms with Gasteiger partial charge in [-0.1, -0.05) is 19.1 Å². The fourth-order valence-corrected chi connectivity index (χ4v) is 2.06. The maximum Gasteiger partial charge on any atom is 0.123 e. The zero-order chi connectivity index (χ0) is 13.7. The lowest BCUT2D eigenvalue weighted by atomic mass is 10.2. The van der Waals surface area contributed by atoms with Crippen molar-refractivity contribution in [1.82, 2.24) is 15.1 Å². The highest BCUT2D eigenvalue weighted by molar-refractivity contribution is 5.18. The molecule has 0 saturated heterocycles. The number of halogens is 1. The Kier molecular flexibility index (Phi) is 4.68. The van der Waals surface area contributed by atoms with Gasteiger partial charge in [0.15, 0.2) is 0 Å². The van der Waals surface area contributed by atoms with Gasteiger partial charge in [-0.05, 0) is 31.0 Å². The SMILES string of the molecule is CCCn1cc(CNCc2cccc(F)c2)c(C)n1. The lowest BCUT2D eigenvalue weighted by Gasteiger charge is -2.04. The molecule has 1 aromatic carbocycles. The molecular weight excluding hydrogens is 241 g/mol. The number of nitrogens with one attached hydrogen (secondary N) is 1. The molecule has 0 spiro atoms. The molecular formula is C15H20FN3. The molecule has 4 heteroatoms. The normalized spacial score (nSPS) is 10.9. The maximum absolute atomic E-state index is 13.0. The lowest BCUT2D eigenvalue weighted by molar-refractivity contribution is 0.597. The van der Waals surface area contributed by atoms with Crippen LogP contribution in [0.2, 0.25) is 0 Å². The Hall–Kier alpha value is -1.68.